The molecule has 0 aliphatic rings. The van der Waals surface area contributed by atoms with Crippen LogP contribution in [0.3, 0.4) is 0 Å². The third-order valence-corrected chi connectivity index (χ3v) is 1.83. The summed E-state index contributed by atoms with van der Waals surface area (Å²) in [6.45, 7) is 1.02. The summed E-state index contributed by atoms with van der Waals surface area (Å²) in [7, 11) is -5.01. The number of hydrogen-bond donors (Lipinski definition) is 4. The van der Waals surface area contributed by atoms with E-state index in [1.165, 1.54) is 0 Å². The molecule has 2 atom stereocenters. The highest BCUT2D eigenvalue weighted by atomic mass is 31.2. The van der Waals surface area contributed by atoms with Gasteiger partial charge in [-0.3, -0.25) is 0 Å². The van der Waals surface area contributed by atoms with E-state index in [0.717, 1.165) is 6.92 Å². The monoisotopic (exact) mass is 190 g/mol. The molecule has 0 aromatic carbocycles. The summed E-state index contributed by atoms with van der Waals surface area (Å²) in [6.07, 6.45) is -1.52. The highest BCUT2D eigenvalue weighted by molar-refractivity contribution is 7.49. The summed E-state index contributed by atoms with van der Waals surface area (Å²) < 4.78 is 9.83. The first-order valence-corrected chi connectivity index (χ1v) is 3.84. The van der Waals surface area contributed by atoms with E-state index in [2.05, 4.69) is 0 Å². The third kappa shape index (κ3) is 6.39. The zero-order valence-electron chi connectivity index (χ0n) is 6.72. The smallest absolute Gasteiger partial charge is 0.106 e. The molecule has 10 N–H and O–H groups in total. The van der Waals surface area contributed by atoms with Crippen LogP contribution in [0.4, 0.5) is 0 Å². The van der Waals surface area contributed by atoms with Crippen molar-refractivity contribution in [2.45, 2.75) is 18.9 Å². The van der Waals surface area contributed by atoms with Crippen molar-refractivity contribution in [2.75, 3.05) is 0 Å². The minimum absolute atomic E-state index is 0. The van der Waals surface area contributed by atoms with Gasteiger partial charge < -0.3 is 36.9 Å². The Morgan fingerprint density at radius 3 is 1.55 bits per heavy atom. The molecule has 0 bridgehead atoms. The fraction of sp³-hybridized carbons (Fsp3) is 1.00. The van der Waals surface area contributed by atoms with Crippen molar-refractivity contribution in [3.8, 4) is 0 Å². The van der Waals surface area contributed by atoms with E-state index in [0.29, 0.717) is 0 Å². The van der Waals surface area contributed by atoms with E-state index in [9.17, 15) is 14.4 Å². The van der Waals surface area contributed by atoms with Crippen LogP contribution in [0, 0.1) is 0 Å². The zero-order chi connectivity index (χ0) is 7.65. The van der Waals surface area contributed by atoms with Crippen LogP contribution in [0.2, 0.25) is 0 Å². The number of rotatable bonds is 2. The summed E-state index contributed by atoms with van der Waals surface area (Å²) in [5, 5.41) is 16.7. The number of aliphatic hydroxyl groups is 2. The van der Waals surface area contributed by atoms with Crippen LogP contribution < -0.4 is 22.1 Å². The molecule has 8 heteroatoms. The van der Waals surface area contributed by atoms with Crippen molar-refractivity contribution in [3.63, 3.8) is 0 Å². The summed E-state index contributed by atoms with van der Waals surface area (Å²) >= 11 is 0. The molecule has 0 aromatic heterocycles. The molecule has 0 fully saturated rings. The lowest BCUT2D eigenvalue weighted by Crippen LogP contribution is -2.33. The fourth-order valence-corrected chi connectivity index (χ4v) is 0.793. The second-order valence-corrected chi connectivity index (χ2v) is 3.30. The Balaban J connectivity index is -0.000000320. The average Bonchev–Trinajstić information content (AvgIpc) is 1.62. The molecule has 0 saturated carbocycles. The first-order chi connectivity index (χ1) is 3.85. The number of quaternary nitrogens is 2. The topological polar surface area (TPSA) is 177 Å². The van der Waals surface area contributed by atoms with Gasteiger partial charge in [0.15, 0.2) is 0 Å². The molecule has 11 heavy (non-hydrogen) atoms. The van der Waals surface area contributed by atoms with Gasteiger partial charge in [-0.05, 0) is 14.5 Å². The van der Waals surface area contributed by atoms with E-state index in [1.807, 2.05) is 0 Å². The quantitative estimate of drug-likeness (QED) is 0.380. The highest BCUT2D eigenvalue weighted by Gasteiger charge is 2.13. The maximum atomic E-state index is 9.83. The molecule has 0 radical (unpaired) electrons. The Kier molecular flexibility index (Phi) is 8.77. The van der Waals surface area contributed by atoms with Crippen LogP contribution in [-0.4, -0.2) is 22.2 Å². The maximum absolute atomic E-state index is 9.83. The first-order valence-electron chi connectivity index (χ1n) is 2.23. The van der Waals surface area contributed by atoms with Crippen LogP contribution in [0.5, 0.6) is 0 Å². The van der Waals surface area contributed by atoms with Crippen molar-refractivity contribution < 1.29 is 24.6 Å². The van der Waals surface area contributed by atoms with Crippen LogP contribution >= 0.6 is 7.60 Å². The largest absolute Gasteiger partial charge is 0.809 e. The average molecular weight is 190 g/mol. The van der Waals surface area contributed by atoms with E-state index >= 15 is 0 Å². The minimum atomic E-state index is -5.01. The SMILES string of the molecule is C[C@@H](O)[C@H](O)P(=O)([O-])[O-].[NH4+].[NH4+]. The molecule has 0 spiro atoms. The van der Waals surface area contributed by atoms with Crippen LogP contribution in [-0.2, 0) is 4.57 Å². The molecule has 0 rings (SSSR count). The van der Waals surface area contributed by atoms with Gasteiger partial charge in [0.05, 0.1) is 6.10 Å². The van der Waals surface area contributed by atoms with Gasteiger partial charge in [-0.15, -0.1) is 0 Å². The van der Waals surface area contributed by atoms with Crippen molar-refractivity contribution in [1.82, 2.24) is 12.3 Å². The molecule has 0 aliphatic heterocycles. The highest BCUT2D eigenvalue weighted by Crippen LogP contribution is 2.30. The van der Waals surface area contributed by atoms with Gasteiger partial charge in [-0.2, -0.15) is 0 Å². The molecular weight excluding hydrogens is 175 g/mol. The number of hydrogen-bond acceptors (Lipinski definition) is 5. The molecule has 0 aliphatic carbocycles. The van der Waals surface area contributed by atoms with Gasteiger partial charge in [0.2, 0.25) is 0 Å². The predicted molar refractivity (Wildman–Crippen MR) is 37.3 cm³/mol. The first kappa shape index (κ1) is 17.2. The van der Waals surface area contributed by atoms with E-state index in [4.69, 9.17) is 10.2 Å². The Hall–Kier alpha value is -0.0100. The molecule has 0 heterocycles. The Morgan fingerprint density at radius 1 is 1.27 bits per heavy atom. The molecular formula is C3H15N2O5P. The van der Waals surface area contributed by atoms with Gasteiger partial charge in [-0.1, -0.05) is 0 Å². The van der Waals surface area contributed by atoms with E-state index in [-0.39, 0.29) is 12.3 Å². The summed E-state index contributed by atoms with van der Waals surface area (Å²) in [4.78, 5) is 19.7. The van der Waals surface area contributed by atoms with Crippen LogP contribution in [0.25, 0.3) is 0 Å². The summed E-state index contributed by atoms with van der Waals surface area (Å²) in [6, 6.07) is 0. The second kappa shape index (κ2) is 5.62. The Labute approximate surface area is 64.4 Å². The van der Waals surface area contributed by atoms with Gasteiger partial charge in [0, 0.05) is 0 Å². The van der Waals surface area contributed by atoms with Crippen molar-refractivity contribution in [2.24, 2.45) is 0 Å². The molecule has 72 valence electrons. The molecule has 0 unspecified atom stereocenters. The lowest BCUT2D eigenvalue weighted by molar-refractivity contribution is -0.324. The van der Waals surface area contributed by atoms with Gasteiger partial charge in [-0.25, -0.2) is 0 Å². The predicted octanol–water partition coefficient (Wildman–Crippen LogP) is -1.65. The lowest BCUT2D eigenvalue weighted by atomic mass is 10.4. The lowest BCUT2D eigenvalue weighted by Gasteiger charge is -2.35. The van der Waals surface area contributed by atoms with Crippen molar-refractivity contribution in [3.05, 3.63) is 0 Å². The molecule has 7 nitrogen and oxygen atoms in total. The van der Waals surface area contributed by atoms with Gasteiger partial charge in [0.25, 0.3) is 0 Å². The number of aliphatic hydroxyl groups excluding tert-OH is 2. The minimum Gasteiger partial charge on any atom is -0.809 e. The van der Waals surface area contributed by atoms with Crippen molar-refractivity contribution >= 4 is 7.60 Å². The summed E-state index contributed by atoms with van der Waals surface area (Å²) in [5.41, 5.74) is 0. The zero-order valence-corrected chi connectivity index (χ0v) is 7.62. The normalized spacial score (nSPS) is 15.7. The fourth-order valence-electron chi connectivity index (χ4n) is 0.264. The maximum Gasteiger partial charge on any atom is 0.106 e. The Bertz CT molecular complexity index is 134. The van der Waals surface area contributed by atoms with Crippen LogP contribution in [0.1, 0.15) is 6.92 Å². The Morgan fingerprint density at radius 2 is 1.55 bits per heavy atom. The standard InChI is InChI=1S/C3H9O5P.2H3N/c1-2(4)3(5)9(6,7)8;;/h2-5H,1H3,(H2,6,7,8);2*1H3/t2-,3-;;/m1../s1. The summed E-state index contributed by atoms with van der Waals surface area (Å²) in [5.74, 6) is -2.18. The van der Waals surface area contributed by atoms with Crippen LogP contribution in [0.15, 0.2) is 0 Å². The third-order valence-electron chi connectivity index (χ3n) is 0.755. The molecule has 0 aromatic rings. The van der Waals surface area contributed by atoms with E-state index < -0.39 is 19.5 Å². The van der Waals surface area contributed by atoms with Gasteiger partial charge in [0.1, 0.15) is 5.85 Å². The molecule has 0 amide bonds. The second-order valence-electron chi connectivity index (χ2n) is 1.69. The van der Waals surface area contributed by atoms with Crippen molar-refractivity contribution in [1.29, 1.82) is 0 Å². The molecule has 0 saturated heterocycles. The van der Waals surface area contributed by atoms with E-state index in [1.54, 1.807) is 0 Å². The van der Waals surface area contributed by atoms with Gasteiger partial charge >= 0.3 is 0 Å².